The number of ether oxygens (including phenoxy) is 1. The first-order valence-electron chi connectivity index (χ1n) is 7.21. The Labute approximate surface area is 140 Å². The van der Waals surface area contributed by atoms with Crippen LogP contribution in [0.1, 0.15) is 17.4 Å². The summed E-state index contributed by atoms with van der Waals surface area (Å²) in [7, 11) is 0. The van der Waals surface area contributed by atoms with Gasteiger partial charge in [0.25, 0.3) is 0 Å². The maximum atomic E-state index is 12.2. The summed E-state index contributed by atoms with van der Waals surface area (Å²) in [6, 6.07) is 7.31. The number of rotatable bonds is 3. The van der Waals surface area contributed by atoms with Crippen molar-refractivity contribution in [1.82, 2.24) is 29.7 Å². The number of benzene rings is 1. The number of esters is 1. The highest BCUT2D eigenvalue weighted by Crippen LogP contribution is 2.25. The van der Waals surface area contributed by atoms with E-state index in [9.17, 15) is 4.79 Å². The number of imidazole rings is 1. The Morgan fingerprint density at radius 3 is 3.00 bits per heavy atom. The maximum absolute atomic E-state index is 12.2. The fraction of sp³-hybridized carbons (Fsp3) is 0.133. The molecule has 0 spiro atoms. The van der Waals surface area contributed by atoms with Gasteiger partial charge in [0.15, 0.2) is 22.7 Å². The second kappa shape index (κ2) is 5.57. The third-order valence-electron chi connectivity index (χ3n) is 3.49. The summed E-state index contributed by atoms with van der Waals surface area (Å²) in [5, 5.41) is 5.10. The van der Waals surface area contributed by atoms with Gasteiger partial charge in [-0.15, -0.1) is 0 Å². The standard InChI is InChI=1S/C15H11ClN6O2/c1-2-24-14(23)10-8-5-3-4-6-9(8)22(21-10)13-11-12(18-7-17-11)19-15(16)20-13/h3-7H,2H2,1H3,(H,17,18,19,20). The van der Waals surface area contributed by atoms with Gasteiger partial charge in [-0.1, -0.05) is 18.2 Å². The normalized spacial score (nSPS) is 11.2. The van der Waals surface area contributed by atoms with Gasteiger partial charge in [-0.05, 0) is 24.6 Å². The van der Waals surface area contributed by atoms with Crippen LogP contribution in [0, 0.1) is 0 Å². The molecular formula is C15H11ClN6O2. The second-order valence-electron chi connectivity index (χ2n) is 4.91. The SMILES string of the molecule is CCOC(=O)c1nn(-c2nc(Cl)nc3[nH]cnc23)c2ccccc12. The van der Waals surface area contributed by atoms with Crippen LogP contribution in [0.5, 0.6) is 0 Å². The number of H-pyrrole nitrogens is 1. The van der Waals surface area contributed by atoms with Gasteiger partial charge in [0.2, 0.25) is 5.28 Å². The van der Waals surface area contributed by atoms with Gasteiger partial charge in [-0.25, -0.2) is 14.5 Å². The lowest BCUT2D eigenvalue weighted by Crippen LogP contribution is -2.08. The van der Waals surface area contributed by atoms with Gasteiger partial charge < -0.3 is 9.72 Å². The van der Waals surface area contributed by atoms with E-state index in [1.807, 2.05) is 18.2 Å². The van der Waals surface area contributed by atoms with Crippen molar-refractivity contribution < 1.29 is 9.53 Å². The zero-order valence-corrected chi connectivity index (χ0v) is 13.3. The topological polar surface area (TPSA) is 98.6 Å². The summed E-state index contributed by atoms with van der Waals surface area (Å²) < 4.78 is 6.61. The zero-order valence-electron chi connectivity index (χ0n) is 12.5. The monoisotopic (exact) mass is 342 g/mol. The average Bonchev–Trinajstić information content (AvgIpc) is 3.18. The fourth-order valence-electron chi connectivity index (χ4n) is 2.52. The quantitative estimate of drug-likeness (QED) is 0.453. The summed E-state index contributed by atoms with van der Waals surface area (Å²) in [6.07, 6.45) is 1.50. The first-order valence-corrected chi connectivity index (χ1v) is 7.58. The van der Waals surface area contributed by atoms with E-state index in [1.165, 1.54) is 11.0 Å². The molecule has 24 heavy (non-hydrogen) atoms. The largest absolute Gasteiger partial charge is 0.461 e. The number of nitrogens with zero attached hydrogens (tertiary/aromatic N) is 5. The molecule has 0 fully saturated rings. The highest BCUT2D eigenvalue weighted by atomic mass is 35.5. The summed E-state index contributed by atoms with van der Waals surface area (Å²) >= 11 is 6.00. The Balaban J connectivity index is 2.03. The van der Waals surface area contributed by atoms with Gasteiger partial charge in [0.05, 0.1) is 18.5 Å². The van der Waals surface area contributed by atoms with Crippen LogP contribution in [0.25, 0.3) is 27.9 Å². The number of aromatic nitrogens is 6. The van der Waals surface area contributed by atoms with Gasteiger partial charge >= 0.3 is 5.97 Å². The minimum absolute atomic E-state index is 0.0546. The summed E-state index contributed by atoms with van der Waals surface area (Å²) in [5.74, 6) is -0.108. The second-order valence-corrected chi connectivity index (χ2v) is 5.25. The highest BCUT2D eigenvalue weighted by molar-refractivity contribution is 6.28. The minimum atomic E-state index is -0.495. The zero-order chi connectivity index (χ0) is 16.7. The Hall–Kier alpha value is -3.00. The lowest BCUT2D eigenvalue weighted by atomic mass is 10.2. The smallest absolute Gasteiger partial charge is 0.359 e. The number of para-hydroxylation sites is 1. The molecule has 0 unspecified atom stereocenters. The number of fused-ring (bicyclic) bond motifs is 2. The van der Waals surface area contributed by atoms with E-state index in [0.717, 1.165) is 0 Å². The van der Waals surface area contributed by atoms with Crippen LogP contribution >= 0.6 is 11.6 Å². The molecule has 0 bridgehead atoms. The van der Waals surface area contributed by atoms with Gasteiger partial charge in [0.1, 0.15) is 0 Å². The molecule has 4 aromatic rings. The molecule has 0 saturated carbocycles. The number of nitrogens with one attached hydrogen (secondary N) is 1. The van der Waals surface area contributed by atoms with Crippen molar-refractivity contribution >= 4 is 39.6 Å². The van der Waals surface area contributed by atoms with Crippen LogP contribution in [0.4, 0.5) is 0 Å². The van der Waals surface area contributed by atoms with Crippen molar-refractivity contribution in [3.63, 3.8) is 0 Å². The average molecular weight is 343 g/mol. The molecule has 0 aliphatic heterocycles. The number of halogens is 1. The first kappa shape index (κ1) is 14.6. The predicted octanol–water partition coefficient (Wildman–Crippen LogP) is 2.52. The molecule has 0 atom stereocenters. The Bertz CT molecular complexity index is 1070. The Morgan fingerprint density at radius 2 is 2.17 bits per heavy atom. The van der Waals surface area contributed by atoms with Gasteiger partial charge in [0, 0.05) is 5.39 Å². The molecular weight excluding hydrogens is 332 g/mol. The van der Waals surface area contributed by atoms with Crippen molar-refractivity contribution in [3.05, 3.63) is 41.6 Å². The Kier molecular flexibility index (Phi) is 3.39. The van der Waals surface area contributed by atoms with E-state index in [4.69, 9.17) is 16.3 Å². The van der Waals surface area contributed by atoms with Gasteiger partial charge in [-0.2, -0.15) is 15.1 Å². The van der Waals surface area contributed by atoms with Crippen molar-refractivity contribution in [2.24, 2.45) is 0 Å². The number of carbonyl (C=O) groups is 1. The lowest BCUT2D eigenvalue weighted by Gasteiger charge is -2.03. The van der Waals surface area contributed by atoms with Crippen LogP contribution in [-0.4, -0.2) is 42.3 Å². The Morgan fingerprint density at radius 1 is 1.33 bits per heavy atom. The molecule has 9 heteroatoms. The van der Waals surface area contributed by atoms with Crippen molar-refractivity contribution in [1.29, 1.82) is 0 Å². The predicted molar refractivity (Wildman–Crippen MR) is 87.3 cm³/mol. The maximum Gasteiger partial charge on any atom is 0.359 e. The van der Waals surface area contributed by atoms with E-state index in [2.05, 4.69) is 25.0 Å². The third-order valence-corrected chi connectivity index (χ3v) is 3.66. The molecule has 0 amide bonds. The van der Waals surface area contributed by atoms with Gasteiger partial charge in [-0.3, -0.25) is 0 Å². The molecule has 1 aromatic carbocycles. The molecule has 0 saturated heterocycles. The summed E-state index contributed by atoms with van der Waals surface area (Å²) in [4.78, 5) is 27.6. The van der Waals surface area contributed by atoms with Crippen LogP contribution in [0.2, 0.25) is 5.28 Å². The molecule has 120 valence electrons. The molecule has 0 aliphatic rings. The highest BCUT2D eigenvalue weighted by Gasteiger charge is 2.21. The lowest BCUT2D eigenvalue weighted by molar-refractivity contribution is 0.0521. The van der Waals surface area contributed by atoms with Crippen LogP contribution in [0.3, 0.4) is 0 Å². The first-order chi connectivity index (χ1) is 11.7. The van der Waals surface area contributed by atoms with E-state index < -0.39 is 5.97 Å². The third kappa shape index (κ3) is 2.19. The molecule has 4 rings (SSSR count). The number of aromatic amines is 1. The summed E-state index contributed by atoms with van der Waals surface area (Å²) in [5.41, 5.74) is 1.90. The van der Waals surface area contributed by atoms with Crippen LogP contribution in [-0.2, 0) is 4.74 Å². The van der Waals surface area contributed by atoms with E-state index >= 15 is 0 Å². The van der Waals surface area contributed by atoms with Crippen molar-refractivity contribution in [2.45, 2.75) is 6.92 Å². The van der Waals surface area contributed by atoms with Crippen molar-refractivity contribution in [2.75, 3.05) is 6.61 Å². The number of hydrogen-bond acceptors (Lipinski definition) is 6. The summed E-state index contributed by atoms with van der Waals surface area (Å²) in [6.45, 7) is 2.01. The molecule has 8 nitrogen and oxygen atoms in total. The van der Waals surface area contributed by atoms with E-state index in [0.29, 0.717) is 27.9 Å². The molecule has 0 aliphatic carbocycles. The van der Waals surface area contributed by atoms with Crippen LogP contribution < -0.4 is 0 Å². The molecule has 1 N–H and O–H groups in total. The molecule has 3 aromatic heterocycles. The van der Waals surface area contributed by atoms with E-state index in [-0.39, 0.29) is 17.6 Å². The van der Waals surface area contributed by atoms with Crippen LogP contribution in [0.15, 0.2) is 30.6 Å². The minimum Gasteiger partial charge on any atom is -0.461 e. The number of hydrogen-bond donors (Lipinski definition) is 1. The fourth-order valence-corrected chi connectivity index (χ4v) is 2.68. The molecule has 0 radical (unpaired) electrons. The van der Waals surface area contributed by atoms with E-state index in [1.54, 1.807) is 13.0 Å². The van der Waals surface area contributed by atoms with Crippen molar-refractivity contribution in [3.8, 4) is 5.82 Å². The number of carbonyl (C=O) groups excluding carboxylic acids is 1. The molecule has 3 heterocycles.